The first kappa shape index (κ1) is 14.7. The number of carbonyl (C=O) groups excluding carboxylic acids is 1. The van der Waals surface area contributed by atoms with Gasteiger partial charge in [-0.25, -0.2) is 4.39 Å². The molecule has 1 aromatic carbocycles. The van der Waals surface area contributed by atoms with E-state index in [2.05, 4.69) is 10.1 Å². The molecule has 2 heterocycles. The van der Waals surface area contributed by atoms with Crippen LogP contribution in [-0.4, -0.2) is 47.0 Å². The zero-order valence-corrected chi connectivity index (χ0v) is 12.2. The van der Waals surface area contributed by atoms with Gasteiger partial charge in [-0.05, 0) is 11.6 Å². The van der Waals surface area contributed by atoms with Crippen LogP contribution in [-0.2, 0) is 17.8 Å². The van der Waals surface area contributed by atoms with Crippen LogP contribution in [0.1, 0.15) is 11.3 Å². The Morgan fingerprint density at radius 3 is 2.64 bits per heavy atom. The summed E-state index contributed by atoms with van der Waals surface area (Å²) in [6.45, 7) is 3.62. The molecule has 1 aliphatic rings. The van der Waals surface area contributed by atoms with Crippen molar-refractivity contribution in [2.75, 3.05) is 26.2 Å². The van der Waals surface area contributed by atoms with Gasteiger partial charge in [-0.1, -0.05) is 23.4 Å². The van der Waals surface area contributed by atoms with E-state index in [4.69, 9.17) is 4.52 Å². The van der Waals surface area contributed by atoms with Crippen molar-refractivity contribution >= 4 is 5.91 Å². The van der Waals surface area contributed by atoms with Crippen molar-refractivity contribution in [3.63, 3.8) is 0 Å². The molecule has 2 aromatic rings. The Bertz CT molecular complexity index is 622. The maximum absolute atomic E-state index is 13.6. The average Bonchev–Trinajstić information content (AvgIpc) is 3.03. The first-order valence-electron chi connectivity index (χ1n) is 7.35. The fourth-order valence-corrected chi connectivity index (χ4v) is 2.62. The number of aromatic nitrogens is 1. The average molecular weight is 303 g/mol. The number of halogens is 1. The lowest BCUT2D eigenvalue weighted by molar-refractivity contribution is -0.132. The number of hydrogen-bond donors (Lipinski definition) is 0. The van der Waals surface area contributed by atoms with E-state index in [-0.39, 0.29) is 18.1 Å². The molecule has 22 heavy (non-hydrogen) atoms. The Labute approximate surface area is 128 Å². The molecule has 0 radical (unpaired) electrons. The summed E-state index contributed by atoms with van der Waals surface area (Å²) in [5.41, 5.74) is 1.35. The molecule has 1 aromatic heterocycles. The van der Waals surface area contributed by atoms with Crippen molar-refractivity contribution in [2.45, 2.75) is 13.0 Å². The van der Waals surface area contributed by atoms with E-state index in [1.165, 1.54) is 6.07 Å². The summed E-state index contributed by atoms with van der Waals surface area (Å²) < 4.78 is 18.4. The van der Waals surface area contributed by atoms with Gasteiger partial charge in [0.05, 0.1) is 12.1 Å². The van der Waals surface area contributed by atoms with Crippen molar-refractivity contribution in [2.24, 2.45) is 0 Å². The van der Waals surface area contributed by atoms with E-state index in [1.807, 2.05) is 6.07 Å². The van der Waals surface area contributed by atoms with Gasteiger partial charge in [0.1, 0.15) is 12.1 Å². The Kier molecular flexibility index (Phi) is 4.48. The van der Waals surface area contributed by atoms with Crippen LogP contribution >= 0.6 is 0 Å². The second kappa shape index (κ2) is 6.70. The lowest BCUT2D eigenvalue weighted by Gasteiger charge is -2.34. The molecule has 1 amide bonds. The van der Waals surface area contributed by atoms with Crippen LogP contribution in [0.2, 0.25) is 0 Å². The summed E-state index contributed by atoms with van der Waals surface area (Å²) in [5, 5.41) is 3.89. The van der Waals surface area contributed by atoms with Crippen molar-refractivity contribution in [3.05, 3.63) is 53.7 Å². The summed E-state index contributed by atoms with van der Waals surface area (Å²) in [6.07, 6.45) is 1.68. The third-order valence-electron chi connectivity index (χ3n) is 3.90. The number of rotatable bonds is 4. The number of amides is 1. The lowest BCUT2D eigenvalue weighted by Crippen LogP contribution is -2.48. The smallest absolute Gasteiger partial charge is 0.227 e. The molecule has 0 N–H and O–H groups in total. The molecule has 1 fully saturated rings. The maximum atomic E-state index is 13.6. The van der Waals surface area contributed by atoms with Crippen molar-refractivity contribution < 1.29 is 13.7 Å². The molecule has 116 valence electrons. The van der Waals surface area contributed by atoms with Gasteiger partial charge < -0.3 is 9.42 Å². The number of carbonyl (C=O) groups is 1. The Morgan fingerprint density at radius 1 is 1.18 bits per heavy atom. The van der Waals surface area contributed by atoms with Crippen LogP contribution in [0.15, 0.2) is 41.1 Å². The minimum Gasteiger partial charge on any atom is -0.364 e. The Morgan fingerprint density at radius 2 is 1.95 bits per heavy atom. The number of nitrogens with zero attached hydrogens (tertiary/aromatic N) is 3. The van der Waals surface area contributed by atoms with E-state index in [9.17, 15) is 9.18 Å². The molecular weight excluding hydrogens is 285 g/mol. The van der Waals surface area contributed by atoms with E-state index in [1.54, 1.807) is 29.4 Å². The molecule has 6 heteroatoms. The summed E-state index contributed by atoms with van der Waals surface area (Å²) in [6, 6.07) is 8.27. The third kappa shape index (κ3) is 3.51. The molecule has 5 nitrogen and oxygen atoms in total. The zero-order valence-electron chi connectivity index (χ0n) is 12.2. The number of piperazine rings is 1. The predicted octanol–water partition coefficient (Wildman–Crippen LogP) is 1.70. The molecule has 1 aliphatic heterocycles. The highest BCUT2D eigenvalue weighted by Crippen LogP contribution is 2.11. The fourth-order valence-electron chi connectivity index (χ4n) is 2.62. The highest BCUT2D eigenvalue weighted by Gasteiger charge is 2.22. The molecule has 0 aliphatic carbocycles. The standard InChI is InChI=1S/C16H18FN3O2/c17-15-4-2-1-3-13(15)11-16(21)20-8-6-19(7-9-20)12-14-5-10-22-18-14/h1-5,10H,6-9,11-12H2. The summed E-state index contributed by atoms with van der Waals surface area (Å²) in [7, 11) is 0. The van der Waals surface area contributed by atoms with E-state index in [0.29, 0.717) is 18.7 Å². The van der Waals surface area contributed by atoms with Gasteiger partial charge in [-0.15, -0.1) is 0 Å². The van der Waals surface area contributed by atoms with Crippen molar-refractivity contribution in [3.8, 4) is 0 Å². The number of hydrogen-bond acceptors (Lipinski definition) is 4. The Balaban J connectivity index is 1.50. The van der Waals surface area contributed by atoms with Crippen molar-refractivity contribution in [1.82, 2.24) is 15.0 Å². The normalized spacial score (nSPS) is 16.0. The molecular formula is C16H18FN3O2. The van der Waals surface area contributed by atoms with Gasteiger partial charge in [0, 0.05) is 38.8 Å². The van der Waals surface area contributed by atoms with Gasteiger partial charge in [0.15, 0.2) is 0 Å². The molecule has 0 spiro atoms. The van der Waals surface area contributed by atoms with E-state index >= 15 is 0 Å². The highest BCUT2D eigenvalue weighted by molar-refractivity contribution is 5.79. The first-order valence-corrected chi connectivity index (χ1v) is 7.35. The van der Waals surface area contributed by atoms with E-state index < -0.39 is 0 Å². The second-order valence-corrected chi connectivity index (χ2v) is 5.42. The minimum atomic E-state index is -0.319. The molecule has 3 rings (SSSR count). The first-order chi connectivity index (χ1) is 10.7. The predicted molar refractivity (Wildman–Crippen MR) is 78.5 cm³/mol. The van der Waals surface area contributed by atoms with Gasteiger partial charge in [0.2, 0.25) is 5.91 Å². The summed E-state index contributed by atoms with van der Waals surface area (Å²) in [5.74, 6) is -0.341. The monoisotopic (exact) mass is 303 g/mol. The quantitative estimate of drug-likeness (QED) is 0.862. The van der Waals surface area contributed by atoms with Gasteiger partial charge in [-0.3, -0.25) is 9.69 Å². The van der Waals surface area contributed by atoms with Gasteiger partial charge in [-0.2, -0.15) is 0 Å². The van der Waals surface area contributed by atoms with Crippen LogP contribution in [0.5, 0.6) is 0 Å². The van der Waals surface area contributed by atoms with Gasteiger partial charge >= 0.3 is 0 Å². The van der Waals surface area contributed by atoms with Crippen molar-refractivity contribution in [1.29, 1.82) is 0 Å². The zero-order chi connectivity index (χ0) is 15.4. The van der Waals surface area contributed by atoms with Crippen LogP contribution in [0.3, 0.4) is 0 Å². The largest absolute Gasteiger partial charge is 0.364 e. The topological polar surface area (TPSA) is 49.6 Å². The lowest BCUT2D eigenvalue weighted by atomic mass is 10.1. The maximum Gasteiger partial charge on any atom is 0.227 e. The van der Waals surface area contributed by atoms with Gasteiger partial charge in [0.25, 0.3) is 0 Å². The van der Waals surface area contributed by atoms with E-state index in [0.717, 1.165) is 25.3 Å². The van der Waals surface area contributed by atoms with Crippen LogP contribution in [0.25, 0.3) is 0 Å². The fraction of sp³-hybridized carbons (Fsp3) is 0.375. The van der Waals surface area contributed by atoms with Crippen LogP contribution in [0, 0.1) is 5.82 Å². The van der Waals surface area contributed by atoms with Crippen LogP contribution in [0.4, 0.5) is 4.39 Å². The molecule has 0 atom stereocenters. The Hall–Kier alpha value is -2.21. The molecule has 0 bridgehead atoms. The SMILES string of the molecule is O=C(Cc1ccccc1F)N1CCN(Cc2ccon2)CC1. The van der Waals surface area contributed by atoms with Crippen LogP contribution < -0.4 is 0 Å². The molecule has 0 unspecified atom stereocenters. The highest BCUT2D eigenvalue weighted by atomic mass is 19.1. The second-order valence-electron chi connectivity index (χ2n) is 5.42. The summed E-state index contributed by atoms with van der Waals surface area (Å²) >= 11 is 0. The number of benzene rings is 1. The molecule has 0 saturated carbocycles. The molecule has 1 saturated heterocycles. The third-order valence-corrected chi connectivity index (χ3v) is 3.90. The summed E-state index contributed by atoms with van der Waals surface area (Å²) in [4.78, 5) is 16.3. The minimum absolute atomic E-state index is 0.0220.